The normalized spacial score (nSPS) is 16.3. The smallest absolute Gasteiger partial charge is 0.542 e. The molecule has 66 valence electrons. The van der Waals surface area contributed by atoms with Crippen LogP contribution in [-0.2, 0) is 4.79 Å². The van der Waals surface area contributed by atoms with Gasteiger partial charge in [0.25, 0.3) is 0 Å². The maximum Gasteiger partial charge on any atom is 1.00 e. The molecule has 1 aliphatic heterocycles. The third-order valence-corrected chi connectivity index (χ3v) is 1.71. The molecule has 1 saturated heterocycles. The summed E-state index contributed by atoms with van der Waals surface area (Å²) in [6.07, 6.45) is 5.14. The molecule has 0 aromatic rings. The molecule has 1 fully saturated rings. The van der Waals surface area contributed by atoms with Crippen LogP contribution in [0.4, 0.5) is 0 Å². The van der Waals surface area contributed by atoms with Crippen molar-refractivity contribution in [3.05, 3.63) is 6.42 Å². The number of carbonyl (C=O) groups excluding carboxylic acids is 1. The molecule has 0 amide bonds. The summed E-state index contributed by atoms with van der Waals surface area (Å²) in [6, 6.07) is 0.744. The van der Waals surface area contributed by atoms with Gasteiger partial charge in [0.15, 0.2) is 0 Å². The fourth-order valence-corrected chi connectivity index (χ4v) is 1.07. The Balaban J connectivity index is 0. The molecular formula is C9H17NNaO-. The van der Waals surface area contributed by atoms with Gasteiger partial charge in [0.1, 0.15) is 0 Å². The van der Waals surface area contributed by atoms with Gasteiger partial charge in [-0.25, -0.2) is 0 Å². The minimum absolute atomic E-state index is 0. The second-order valence-corrected chi connectivity index (χ2v) is 2.87. The van der Waals surface area contributed by atoms with E-state index >= 15 is 0 Å². The predicted molar refractivity (Wildman–Crippen MR) is 47.0 cm³/mol. The first kappa shape index (κ1) is 15.1. The summed E-state index contributed by atoms with van der Waals surface area (Å²) in [6.45, 7) is 8.30. The third-order valence-electron chi connectivity index (χ3n) is 1.71. The molecule has 0 aliphatic carbocycles. The van der Waals surface area contributed by atoms with Gasteiger partial charge in [-0.05, 0) is 20.4 Å². The molecule has 3 heteroatoms. The number of likely N-dealkylation sites (tertiary alicyclic amines) is 1. The Labute approximate surface area is 98.0 Å². The summed E-state index contributed by atoms with van der Waals surface area (Å²) in [5, 5.41) is 0. The van der Waals surface area contributed by atoms with Crippen LogP contribution in [0.2, 0.25) is 0 Å². The molecule has 1 rings (SSSR count). The first-order chi connectivity index (χ1) is 5.22. The number of hydrogen-bond acceptors (Lipinski definition) is 2. The molecule has 0 atom stereocenters. The van der Waals surface area contributed by atoms with Crippen LogP contribution < -0.4 is 29.6 Å². The van der Waals surface area contributed by atoms with Crippen LogP contribution >= 0.6 is 0 Å². The van der Waals surface area contributed by atoms with Crippen molar-refractivity contribution >= 4 is 6.29 Å². The summed E-state index contributed by atoms with van der Waals surface area (Å²) >= 11 is 0. The third kappa shape index (κ3) is 7.29. The summed E-state index contributed by atoms with van der Waals surface area (Å²) in [4.78, 5) is 11.2. The van der Waals surface area contributed by atoms with Crippen molar-refractivity contribution in [1.29, 1.82) is 0 Å². The van der Waals surface area contributed by atoms with E-state index in [1.54, 1.807) is 0 Å². The Morgan fingerprint density at radius 2 is 2.00 bits per heavy atom. The van der Waals surface area contributed by atoms with Crippen molar-refractivity contribution < 1.29 is 34.4 Å². The predicted octanol–water partition coefficient (Wildman–Crippen LogP) is -1.58. The van der Waals surface area contributed by atoms with E-state index in [1.807, 2.05) is 0 Å². The molecule has 0 unspecified atom stereocenters. The van der Waals surface area contributed by atoms with Gasteiger partial charge in [0.2, 0.25) is 0 Å². The van der Waals surface area contributed by atoms with Crippen LogP contribution in [0.15, 0.2) is 0 Å². The second-order valence-electron chi connectivity index (χ2n) is 2.87. The fourth-order valence-electron chi connectivity index (χ4n) is 1.07. The van der Waals surface area contributed by atoms with Crippen molar-refractivity contribution in [2.75, 3.05) is 13.1 Å². The molecule has 1 heterocycles. The van der Waals surface area contributed by atoms with Crippen molar-refractivity contribution in [3.8, 4) is 0 Å². The van der Waals surface area contributed by atoms with Crippen LogP contribution in [0.3, 0.4) is 0 Å². The summed E-state index contributed by atoms with van der Waals surface area (Å²) in [5.41, 5.74) is 0. The van der Waals surface area contributed by atoms with E-state index in [0.29, 0.717) is 0 Å². The van der Waals surface area contributed by atoms with Gasteiger partial charge in [-0.1, -0.05) is 0 Å². The maximum atomic E-state index is 8.68. The van der Waals surface area contributed by atoms with Gasteiger partial charge in [-0.2, -0.15) is 13.3 Å². The molecule has 0 aromatic carbocycles. The molecule has 0 N–H and O–H groups in total. The van der Waals surface area contributed by atoms with Crippen molar-refractivity contribution in [3.63, 3.8) is 0 Å². The SMILES string of the molecule is CC(C)N1C[CH-]CC1.C[C-]=O.[Na+]. The van der Waals surface area contributed by atoms with E-state index in [1.165, 1.54) is 32.7 Å². The zero-order chi connectivity index (χ0) is 8.69. The molecule has 2 nitrogen and oxygen atoms in total. The standard InChI is InChI=1S/C7H14N.C2H3O.Na/c1-7(2)8-5-3-4-6-8;1-2-3;/h3,7H,4-6H2,1-2H3;1H3;/q2*-1;+1. The Bertz CT molecular complexity index is 101. The average molecular weight is 178 g/mol. The van der Waals surface area contributed by atoms with E-state index < -0.39 is 0 Å². The molecule has 0 radical (unpaired) electrons. The van der Waals surface area contributed by atoms with E-state index in [-0.39, 0.29) is 29.6 Å². The Morgan fingerprint density at radius 3 is 2.17 bits per heavy atom. The summed E-state index contributed by atoms with van der Waals surface area (Å²) in [7, 11) is 0. The van der Waals surface area contributed by atoms with Crippen molar-refractivity contribution in [2.24, 2.45) is 0 Å². The van der Waals surface area contributed by atoms with E-state index in [4.69, 9.17) is 4.79 Å². The molecule has 1 aliphatic rings. The van der Waals surface area contributed by atoms with Crippen LogP contribution in [0, 0.1) is 6.42 Å². The Morgan fingerprint density at radius 1 is 1.50 bits per heavy atom. The minimum atomic E-state index is 0. The first-order valence-corrected chi connectivity index (χ1v) is 4.07. The second kappa shape index (κ2) is 9.72. The maximum absolute atomic E-state index is 8.68. The van der Waals surface area contributed by atoms with Crippen LogP contribution in [0.1, 0.15) is 27.2 Å². The van der Waals surface area contributed by atoms with Gasteiger partial charge in [-0.15, -0.1) is 6.54 Å². The zero-order valence-corrected chi connectivity index (χ0v) is 10.6. The number of rotatable bonds is 1. The summed E-state index contributed by atoms with van der Waals surface area (Å²) < 4.78 is 0. The number of hydrogen-bond donors (Lipinski definition) is 0. The quantitative estimate of drug-likeness (QED) is 0.357. The van der Waals surface area contributed by atoms with Crippen LogP contribution in [0.25, 0.3) is 0 Å². The minimum Gasteiger partial charge on any atom is -0.542 e. The first-order valence-electron chi connectivity index (χ1n) is 4.07. The molecule has 0 spiro atoms. The number of nitrogens with zero attached hydrogens (tertiary/aromatic N) is 1. The van der Waals surface area contributed by atoms with Crippen LogP contribution in [0.5, 0.6) is 0 Å². The average Bonchev–Trinajstić information content (AvgIpc) is 2.38. The van der Waals surface area contributed by atoms with E-state index in [0.717, 1.165) is 6.04 Å². The van der Waals surface area contributed by atoms with E-state index in [2.05, 4.69) is 25.2 Å². The monoisotopic (exact) mass is 178 g/mol. The topological polar surface area (TPSA) is 20.3 Å². The van der Waals surface area contributed by atoms with Crippen molar-refractivity contribution in [1.82, 2.24) is 4.90 Å². The van der Waals surface area contributed by atoms with Gasteiger partial charge in [-0.3, -0.25) is 6.29 Å². The largest absolute Gasteiger partial charge is 1.00 e. The molecule has 0 saturated carbocycles. The van der Waals surface area contributed by atoms with Gasteiger partial charge in [0.05, 0.1) is 0 Å². The van der Waals surface area contributed by atoms with Gasteiger partial charge in [0, 0.05) is 6.04 Å². The zero-order valence-electron chi connectivity index (χ0n) is 8.63. The van der Waals surface area contributed by atoms with E-state index in [9.17, 15) is 0 Å². The Kier molecular flexibility index (Phi) is 12.2. The van der Waals surface area contributed by atoms with Crippen LogP contribution in [-0.4, -0.2) is 30.3 Å². The molecule has 0 bridgehead atoms. The van der Waals surface area contributed by atoms with Crippen molar-refractivity contribution in [2.45, 2.75) is 33.2 Å². The molecule has 0 aromatic heterocycles. The molecular weight excluding hydrogens is 161 g/mol. The Hall–Kier alpha value is 0.630. The fraction of sp³-hybridized carbons (Fsp3) is 0.778. The van der Waals surface area contributed by atoms with Gasteiger partial charge < -0.3 is 16.1 Å². The summed E-state index contributed by atoms with van der Waals surface area (Å²) in [5.74, 6) is 0. The molecule has 12 heavy (non-hydrogen) atoms. The van der Waals surface area contributed by atoms with Gasteiger partial charge >= 0.3 is 29.6 Å².